The van der Waals surface area contributed by atoms with Crippen LogP contribution < -0.4 is 4.74 Å². The number of rotatable bonds is 4. The van der Waals surface area contributed by atoms with Gasteiger partial charge in [-0.15, -0.1) is 0 Å². The minimum Gasteiger partial charge on any atom is -0.477 e. The predicted molar refractivity (Wildman–Crippen MR) is 57.4 cm³/mol. The van der Waals surface area contributed by atoms with Crippen molar-refractivity contribution in [2.45, 2.75) is 19.8 Å². The number of unbranched alkanes of at least 4 members (excludes halogenated alkanes) is 1. The second-order valence-electron chi connectivity index (χ2n) is 2.61. The lowest BCUT2D eigenvalue weighted by Crippen LogP contribution is -1.98. The number of aromatic nitrogens is 1. The van der Waals surface area contributed by atoms with E-state index in [1.807, 2.05) is 0 Å². The second kappa shape index (κ2) is 5.45. The van der Waals surface area contributed by atoms with Gasteiger partial charge in [0.05, 0.1) is 6.61 Å². The van der Waals surface area contributed by atoms with Gasteiger partial charge in [-0.1, -0.05) is 24.9 Å². The van der Waals surface area contributed by atoms with Gasteiger partial charge in [-0.2, -0.15) is 0 Å². The Morgan fingerprint density at radius 1 is 1.62 bits per heavy atom. The van der Waals surface area contributed by atoms with Crippen LogP contribution in [0.2, 0.25) is 5.02 Å². The van der Waals surface area contributed by atoms with Gasteiger partial charge in [-0.05, 0) is 28.4 Å². The summed E-state index contributed by atoms with van der Waals surface area (Å²) < 4.78 is 6.20. The quantitative estimate of drug-likeness (QED) is 0.774. The molecule has 0 saturated heterocycles. The fourth-order valence-electron chi connectivity index (χ4n) is 0.816. The molecule has 0 aliphatic rings. The van der Waals surface area contributed by atoms with Crippen LogP contribution in [0.15, 0.2) is 16.7 Å². The number of ether oxygens (including phenoxy) is 1. The standard InChI is InChI=1S/C9H11BrClNO/c1-2-3-6-13-9-8(11)7(10)4-5-12-9/h4-5H,2-3,6H2,1H3. The molecule has 1 rings (SSSR count). The van der Waals surface area contributed by atoms with Crippen molar-refractivity contribution in [3.05, 3.63) is 21.8 Å². The molecule has 1 heterocycles. The summed E-state index contributed by atoms with van der Waals surface area (Å²) in [6.45, 7) is 2.78. The second-order valence-corrected chi connectivity index (χ2v) is 3.85. The molecule has 0 bridgehead atoms. The number of hydrogen-bond acceptors (Lipinski definition) is 2. The molecule has 4 heteroatoms. The van der Waals surface area contributed by atoms with E-state index < -0.39 is 0 Å². The summed E-state index contributed by atoms with van der Waals surface area (Å²) in [6.07, 6.45) is 3.79. The normalized spacial score (nSPS) is 10.1. The van der Waals surface area contributed by atoms with E-state index in [9.17, 15) is 0 Å². The lowest BCUT2D eigenvalue weighted by Gasteiger charge is -2.06. The average Bonchev–Trinajstić information content (AvgIpc) is 2.13. The Bertz CT molecular complexity index is 280. The highest BCUT2D eigenvalue weighted by atomic mass is 79.9. The van der Waals surface area contributed by atoms with Crippen LogP contribution in [0.25, 0.3) is 0 Å². The van der Waals surface area contributed by atoms with E-state index in [0.717, 1.165) is 17.3 Å². The summed E-state index contributed by atoms with van der Waals surface area (Å²) in [5, 5.41) is 0.540. The van der Waals surface area contributed by atoms with Gasteiger partial charge >= 0.3 is 0 Å². The average molecular weight is 265 g/mol. The highest BCUT2D eigenvalue weighted by Crippen LogP contribution is 2.29. The van der Waals surface area contributed by atoms with E-state index in [1.54, 1.807) is 12.3 Å². The maximum absolute atomic E-state index is 5.94. The molecule has 0 aliphatic carbocycles. The monoisotopic (exact) mass is 263 g/mol. The van der Waals surface area contributed by atoms with Gasteiger partial charge in [0.25, 0.3) is 0 Å². The SMILES string of the molecule is CCCCOc1nccc(Br)c1Cl. The lowest BCUT2D eigenvalue weighted by atomic mass is 10.4. The highest BCUT2D eigenvalue weighted by Gasteiger charge is 2.05. The van der Waals surface area contributed by atoms with E-state index in [2.05, 4.69) is 27.8 Å². The molecule has 13 heavy (non-hydrogen) atoms. The predicted octanol–water partition coefficient (Wildman–Crippen LogP) is 3.68. The smallest absolute Gasteiger partial charge is 0.233 e. The molecule has 0 aromatic carbocycles. The molecule has 72 valence electrons. The number of nitrogens with zero attached hydrogens (tertiary/aromatic N) is 1. The van der Waals surface area contributed by atoms with Crippen molar-refractivity contribution >= 4 is 27.5 Å². The number of pyridine rings is 1. The van der Waals surface area contributed by atoms with Crippen molar-refractivity contribution < 1.29 is 4.74 Å². The summed E-state index contributed by atoms with van der Waals surface area (Å²) in [5.41, 5.74) is 0. The fraction of sp³-hybridized carbons (Fsp3) is 0.444. The summed E-state index contributed by atoms with van der Waals surface area (Å²) in [7, 11) is 0. The summed E-state index contributed by atoms with van der Waals surface area (Å²) in [5.74, 6) is 0.504. The largest absolute Gasteiger partial charge is 0.477 e. The molecule has 0 unspecified atom stereocenters. The van der Waals surface area contributed by atoms with Crippen LogP contribution in [0.4, 0.5) is 0 Å². The Morgan fingerprint density at radius 3 is 3.08 bits per heavy atom. The molecule has 0 aliphatic heterocycles. The zero-order chi connectivity index (χ0) is 9.68. The Kier molecular flexibility index (Phi) is 4.53. The Labute approximate surface area is 91.4 Å². The van der Waals surface area contributed by atoms with Crippen molar-refractivity contribution in [3.63, 3.8) is 0 Å². The molecule has 0 N–H and O–H groups in total. The minimum atomic E-state index is 0.504. The van der Waals surface area contributed by atoms with Gasteiger partial charge < -0.3 is 4.74 Å². The van der Waals surface area contributed by atoms with Gasteiger partial charge in [0.2, 0.25) is 5.88 Å². The van der Waals surface area contributed by atoms with Crippen LogP contribution in [0.5, 0.6) is 5.88 Å². The van der Waals surface area contributed by atoms with Crippen molar-refractivity contribution in [2.75, 3.05) is 6.61 Å². The van der Waals surface area contributed by atoms with Crippen molar-refractivity contribution in [1.82, 2.24) is 4.98 Å². The maximum atomic E-state index is 5.94. The van der Waals surface area contributed by atoms with E-state index in [4.69, 9.17) is 16.3 Å². The fourth-order valence-corrected chi connectivity index (χ4v) is 1.27. The third kappa shape index (κ3) is 3.16. The van der Waals surface area contributed by atoms with Crippen molar-refractivity contribution in [3.8, 4) is 5.88 Å². The molecular weight excluding hydrogens is 253 g/mol. The third-order valence-electron chi connectivity index (χ3n) is 1.55. The van der Waals surface area contributed by atoms with Crippen molar-refractivity contribution in [1.29, 1.82) is 0 Å². The first-order valence-corrected chi connectivity index (χ1v) is 5.35. The summed E-state index contributed by atoms with van der Waals surface area (Å²) >= 11 is 9.24. The van der Waals surface area contributed by atoms with E-state index in [1.165, 1.54) is 0 Å². The van der Waals surface area contributed by atoms with Crippen molar-refractivity contribution in [2.24, 2.45) is 0 Å². The zero-order valence-corrected chi connectivity index (χ0v) is 9.73. The molecule has 1 aromatic heterocycles. The number of hydrogen-bond donors (Lipinski definition) is 0. The topological polar surface area (TPSA) is 22.1 Å². The Hall–Kier alpha value is -0.280. The molecular formula is C9H11BrClNO. The first kappa shape index (κ1) is 10.8. The van der Waals surface area contributed by atoms with Gasteiger partial charge in [0.15, 0.2) is 0 Å². The third-order valence-corrected chi connectivity index (χ3v) is 2.80. The van der Waals surface area contributed by atoms with Crippen LogP contribution in [0.1, 0.15) is 19.8 Å². The summed E-state index contributed by atoms with van der Waals surface area (Å²) in [6, 6.07) is 1.79. The number of halogens is 2. The van der Waals surface area contributed by atoms with Gasteiger partial charge in [-0.25, -0.2) is 4.98 Å². The zero-order valence-electron chi connectivity index (χ0n) is 7.39. The molecule has 1 aromatic rings. The highest BCUT2D eigenvalue weighted by molar-refractivity contribution is 9.10. The van der Waals surface area contributed by atoms with Crippen LogP contribution >= 0.6 is 27.5 Å². The maximum Gasteiger partial charge on any atom is 0.233 e. The van der Waals surface area contributed by atoms with Crippen LogP contribution in [0, 0.1) is 0 Å². The molecule has 0 atom stereocenters. The van der Waals surface area contributed by atoms with E-state index in [0.29, 0.717) is 17.5 Å². The molecule has 0 spiro atoms. The van der Waals surface area contributed by atoms with E-state index in [-0.39, 0.29) is 0 Å². The summed E-state index contributed by atoms with van der Waals surface area (Å²) in [4.78, 5) is 4.03. The molecule has 0 amide bonds. The van der Waals surface area contributed by atoms with Crippen LogP contribution in [-0.4, -0.2) is 11.6 Å². The Balaban J connectivity index is 2.61. The Morgan fingerprint density at radius 2 is 2.38 bits per heavy atom. The lowest BCUT2D eigenvalue weighted by molar-refractivity contribution is 0.298. The first-order valence-electron chi connectivity index (χ1n) is 4.18. The first-order chi connectivity index (χ1) is 6.25. The molecule has 2 nitrogen and oxygen atoms in total. The molecule has 0 fully saturated rings. The molecule has 0 saturated carbocycles. The van der Waals surface area contributed by atoms with Crippen LogP contribution in [-0.2, 0) is 0 Å². The molecule has 0 radical (unpaired) electrons. The van der Waals surface area contributed by atoms with Gasteiger partial charge in [0.1, 0.15) is 5.02 Å². The van der Waals surface area contributed by atoms with Gasteiger partial charge in [0, 0.05) is 10.7 Å². The van der Waals surface area contributed by atoms with Crippen LogP contribution in [0.3, 0.4) is 0 Å². The van der Waals surface area contributed by atoms with Gasteiger partial charge in [-0.3, -0.25) is 0 Å². The minimum absolute atomic E-state index is 0.504. The van der Waals surface area contributed by atoms with E-state index >= 15 is 0 Å².